The summed E-state index contributed by atoms with van der Waals surface area (Å²) >= 11 is 1.71. The standard InChI is InChI=1S/C14H17NOS/c1-11-4-2-5-12(8-11)14(9-15)16-10-13-6-3-7-17-13/h2-8,14H,9-10,15H2,1H3. The van der Waals surface area contributed by atoms with Crippen molar-refractivity contribution in [3.05, 3.63) is 57.8 Å². The second kappa shape index (κ2) is 5.96. The molecule has 3 heteroatoms. The quantitative estimate of drug-likeness (QED) is 0.880. The minimum Gasteiger partial charge on any atom is -0.367 e. The highest BCUT2D eigenvalue weighted by Crippen LogP contribution is 2.20. The highest BCUT2D eigenvalue weighted by Gasteiger charge is 2.10. The number of benzene rings is 1. The van der Waals surface area contributed by atoms with Gasteiger partial charge in [-0.1, -0.05) is 35.9 Å². The van der Waals surface area contributed by atoms with Gasteiger partial charge in [-0.3, -0.25) is 0 Å². The maximum atomic E-state index is 5.86. The van der Waals surface area contributed by atoms with Crippen LogP contribution in [0.3, 0.4) is 0 Å². The highest BCUT2D eigenvalue weighted by molar-refractivity contribution is 7.09. The van der Waals surface area contributed by atoms with Gasteiger partial charge in [-0.25, -0.2) is 0 Å². The van der Waals surface area contributed by atoms with Crippen LogP contribution in [0.2, 0.25) is 0 Å². The number of thiophene rings is 1. The van der Waals surface area contributed by atoms with Crippen LogP contribution in [0.25, 0.3) is 0 Å². The normalized spacial score (nSPS) is 12.6. The summed E-state index contributed by atoms with van der Waals surface area (Å²) in [5.41, 5.74) is 8.17. The zero-order chi connectivity index (χ0) is 12.1. The zero-order valence-corrected chi connectivity index (χ0v) is 10.7. The van der Waals surface area contributed by atoms with Gasteiger partial charge in [0.1, 0.15) is 0 Å². The molecule has 1 atom stereocenters. The number of aryl methyl sites for hydroxylation is 1. The van der Waals surface area contributed by atoms with Gasteiger partial charge in [-0.2, -0.15) is 0 Å². The molecule has 0 fully saturated rings. The molecule has 0 aliphatic rings. The molecule has 2 N–H and O–H groups in total. The molecule has 0 saturated heterocycles. The summed E-state index contributed by atoms with van der Waals surface area (Å²) in [6.07, 6.45) is -0.0167. The smallest absolute Gasteiger partial charge is 0.0952 e. The van der Waals surface area contributed by atoms with E-state index < -0.39 is 0 Å². The summed E-state index contributed by atoms with van der Waals surface area (Å²) in [6.45, 7) is 3.22. The maximum Gasteiger partial charge on any atom is 0.0952 e. The molecule has 0 spiro atoms. The van der Waals surface area contributed by atoms with Gasteiger partial charge in [-0.05, 0) is 23.9 Å². The summed E-state index contributed by atoms with van der Waals surface area (Å²) in [5, 5.41) is 2.06. The van der Waals surface area contributed by atoms with Crippen molar-refractivity contribution in [1.82, 2.24) is 0 Å². The lowest BCUT2D eigenvalue weighted by atomic mass is 10.1. The topological polar surface area (TPSA) is 35.2 Å². The minimum absolute atomic E-state index is 0.0167. The van der Waals surface area contributed by atoms with E-state index in [4.69, 9.17) is 10.5 Å². The Labute approximate surface area is 106 Å². The van der Waals surface area contributed by atoms with Crippen molar-refractivity contribution in [2.75, 3.05) is 6.54 Å². The Morgan fingerprint density at radius 1 is 1.29 bits per heavy atom. The van der Waals surface area contributed by atoms with Gasteiger partial charge in [0.25, 0.3) is 0 Å². The summed E-state index contributed by atoms with van der Waals surface area (Å²) in [5.74, 6) is 0. The van der Waals surface area contributed by atoms with E-state index in [0.29, 0.717) is 13.2 Å². The van der Waals surface area contributed by atoms with Crippen LogP contribution in [0, 0.1) is 6.92 Å². The van der Waals surface area contributed by atoms with E-state index in [1.807, 2.05) is 12.1 Å². The summed E-state index contributed by atoms with van der Waals surface area (Å²) in [4.78, 5) is 1.23. The first kappa shape index (κ1) is 12.3. The van der Waals surface area contributed by atoms with Gasteiger partial charge in [0.05, 0.1) is 12.7 Å². The van der Waals surface area contributed by atoms with Crippen LogP contribution < -0.4 is 5.73 Å². The lowest BCUT2D eigenvalue weighted by molar-refractivity contribution is 0.0472. The molecule has 0 radical (unpaired) electrons. The largest absolute Gasteiger partial charge is 0.367 e. The second-order valence-electron chi connectivity index (χ2n) is 4.03. The molecule has 0 amide bonds. The predicted molar refractivity (Wildman–Crippen MR) is 72.1 cm³/mol. The molecule has 2 rings (SSSR count). The molecular formula is C14H17NOS. The molecule has 1 heterocycles. The van der Waals surface area contributed by atoms with Crippen LogP contribution in [-0.2, 0) is 11.3 Å². The third-order valence-corrected chi connectivity index (χ3v) is 3.48. The van der Waals surface area contributed by atoms with Gasteiger partial charge in [-0.15, -0.1) is 11.3 Å². The molecular weight excluding hydrogens is 230 g/mol. The first-order valence-electron chi connectivity index (χ1n) is 5.70. The van der Waals surface area contributed by atoms with Crippen molar-refractivity contribution < 1.29 is 4.74 Å². The van der Waals surface area contributed by atoms with Gasteiger partial charge in [0, 0.05) is 11.4 Å². The first-order valence-corrected chi connectivity index (χ1v) is 6.58. The number of nitrogens with two attached hydrogens (primary N) is 1. The van der Waals surface area contributed by atoms with Crippen LogP contribution in [0.1, 0.15) is 22.1 Å². The van der Waals surface area contributed by atoms with Gasteiger partial charge in [0.2, 0.25) is 0 Å². The predicted octanol–water partition coefficient (Wildman–Crippen LogP) is 3.27. The van der Waals surface area contributed by atoms with Crippen molar-refractivity contribution in [2.45, 2.75) is 19.6 Å². The van der Waals surface area contributed by atoms with Crippen molar-refractivity contribution in [3.63, 3.8) is 0 Å². The van der Waals surface area contributed by atoms with Crippen molar-refractivity contribution in [3.8, 4) is 0 Å². The van der Waals surface area contributed by atoms with Crippen molar-refractivity contribution in [1.29, 1.82) is 0 Å². The van der Waals surface area contributed by atoms with Crippen LogP contribution in [0.5, 0.6) is 0 Å². The molecule has 2 aromatic rings. The van der Waals surface area contributed by atoms with E-state index in [-0.39, 0.29) is 6.10 Å². The fourth-order valence-corrected chi connectivity index (χ4v) is 2.37. The van der Waals surface area contributed by atoms with E-state index in [0.717, 1.165) is 5.56 Å². The number of hydrogen-bond acceptors (Lipinski definition) is 3. The van der Waals surface area contributed by atoms with Crippen molar-refractivity contribution in [2.24, 2.45) is 5.73 Å². The van der Waals surface area contributed by atoms with Crippen LogP contribution in [-0.4, -0.2) is 6.54 Å². The Bertz CT molecular complexity index is 453. The van der Waals surface area contributed by atoms with Crippen LogP contribution in [0.4, 0.5) is 0 Å². The molecule has 1 aromatic heterocycles. The minimum atomic E-state index is -0.0167. The van der Waals surface area contributed by atoms with Crippen molar-refractivity contribution >= 4 is 11.3 Å². The Morgan fingerprint density at radius 2 is 2.18 bits per heavy atom. The van der Waals surface area contributed by atoms with Gasteiger partial charge >= 0.3 is 0 Å². The monoisotopic (exact) mass is 247 g/mol. The van der Waals surface area contributed by atoms with E-state index in [9.17, 15) is 0 Å². The Kier molecular flexibility index (Phi) is 4.31. The lowest BCUT2D eigenvalue weighted by Crippen LogP contribution is -2.15. The van der Waals surface area contributed by atoms with E-state index in [2.05, 4.69) is 36.6 Å². The molecule has 1 unspecified atom stereocenters. The second-order valence-corrected chi connectivity index (χ2v) is 5.06. The van der Waals surface area contributed by atoms with Crippen LogP contribution >= 0.6 is 11.3 Å². The number of ether oxygens (including phenoxy) is 1. The Hall–Kier alpha value is -1.16. The Morgan fingerprint density at radius 3 is 2.82 bits per heavy atom. The SMILES string of the molecule is Cc1cccc(C(CN)OCc2cccs2)c1. The molecule has 0 saturated carbocycles. The molecule has 0 bridgehead atoms. The fourth-order valence-electron chi connectivity index (χ4n) is 1.75. The molecule has 17 heavy (non-hydrogen) atoms. The van der Waals surface area contributed by atoms with E-state index in [1.165, 1.54) is 10.4 Å². The highest BCUT2D eigenvalue weighted by atomic mass is 32.1. The fraction of sp³-hybridized carbons (Fsp3) is 0.286. The number of hydrogen-bond donors (Lipinski definition) is 1. The Balaban J connectivity index is 2.01. The summed E-state index contributed by atoms with van der Waals surface area (Å²) in [6, 6.07) is 12.4. The molecule has 90 valence electrons. The maximum absolute atomic E-state index is 5.86. The zero-order valence-electron chi connectivity index (χ0n) is 9.93. The average molecular weight is 247 g/mol. The summed E-state index contributed by atoms with van der Waals surface area (Å²) < 4.78 is 5.86. The third-order valence-electron chi connectivity index (χ3n) is 2.63. The molecule has 2 nitrogen and oxygen atoms in total. The number of rotatable bonds is 5. The molecule has 0 aliphatic heterocycles. The van der Waals surface area contributed by atoms with E-state index >= 15 is 0 Å². The average Bonchev–Trinajstić information content (AvgIpc) is 2.83. The lowest BCUT2D eigenvalue weighted by Gasteiger charge is -2.16. The van der Waals surface area contributed by atoms with Crippen LogP contribution in [0.15, 0.2) is 41.8 Å². The first-order chi connectivity index (χ1) is 8.29. The van der Waals surface area contributed by atoms with Gasteiger partial charge < -0.3 is 10.5 Å². The molecule has 0 aliphatic carbocycles. The van der Waals surface area contributed by atoms with E-state index in [1.54, 1.807) is 11.3 Å². The third kappa shape index (κ3) is 3.40. The van der Waals surface area contributed by atoms with Gasteiger partial charge in [0.15, 0.2) is 0 Å². The summed E-state index contributed by atoms with van der Waals surface area (Å²) in [7, 11) is 0. The molecule has 1 aromatic carbocycles.